The molecule has 1 atom stereocenters. The zero-order valence-electron chi connectivity index (χ0n) is 10.6. The van der Waals surface area contributed by atoms with Crippen molar-refractivity contribution in [2.24, 2.45) is 5.92 Å². The Balaban J connectivity index is 1.83. The molecule has 1 spiro atoms. The summed E-state index contributed by atoms with van der Waals surface area (Å²) in [5.41, 5.74) is 0.111. The van der Waals surface area contributed by atoms with E-state index in [2.05, 4.69) is 15.9 Å². The molecule has 0 bridgehead atoms. The maximum Gasteiger partial charge on any atom is 0.170 e. The molecule has 1 saturated carbocycles. The summed E-state index contributed by atoms with van der Waals surface area (Å²) in [5, 5.41) is 0. The summed E-state index contributed by atoms with van der Waals surface area (Å²) in [4.78, 5) is 12.5. The first-order valence-corrected chi connectivity index (χ1v) is 7.53. The molecule has 102 valence electrons. The quantitative estimate of drug-likeness (QED) is 0.764. The maximum absolute atomic E-state index is 13.9. The third-order valence-electron chi connectivity index (χ3n) is 4.34. The van der Waals surface area contributed by atoms with Gasteiger partial charge in [0.15, 0.2) is 5.78 Å². The molecule has 1 heterocycles. The second-order valence-corrected chi connectivity index (χ2v) is 6.39. The van der Waals surface area contributed by atoms with Gasteiger partial charge in [0, 0.05) is 17.0 Å². The Bertz CT molecular complexity index is 491. The molecule has 2 fully saturated rings. The molecule has 1 unspecified atom stereocenters. The molecule has 0 aromatic heterocycles. The summed E-state index contributed by atoms with van der Waals surface area (Å²) in [5.74, 6) is -0.629. The third-order valence-corrected chi connectivity index (χ3v) is 5.00. The predicted octanol–water partition coefficient (Wildman–Crippen LogP) is 4.12. The molecule has 1 aliphatic carbocycles. The summed E-state index contributed by atoms with van der Waals surface area (Å²) < 4.78 is 20.2. The lowest BCUT2D eigenvalue weighted by Gasteiger charge is -2.46. The van der Waals surface area contributed by atoms with Crippen molar-refractivity contribution in [2.75, 3.05) is 6.61 Å². The highest BCUT2D eigenvalue weighted by Gasteiger charge is 2.44. The minimum absolute atomic E-state index is 0.0837. The van der Waals surface area contributed by atoms with E-state index in [9.17, 15) is 9.18 Å². The molecular weight excluding hydrogens is 311 g/mol. The number of benzene rings is 1. The van der Waals surface area contributed by atoms with Crippen molar-refractivity contribution in [1.82, 2.24) is 0 Å². The van der Waals surface area contributed by atoms with Crippen molar-refractivity contribution in [3.05, 3.63) is 34.1 Å². The lowest BCUT2D eigenvalue weighted by Crippen LogP contribution is -2.47. The summed E-state index contributed by atoms with van der Waals surface area (Å²) in [7, 11) is 0. The average molecular weight is 327 g/mol. The van der Waals surface area contributed by atoms with Gasteiger partial charge in [-0.3, -0.25) is 4.79 Å². The Morgan fingerprint density at radius 3 is 2.84 bits per heavy atom. The standard InChI is InChI=1S/C15H16BrFO2/c16-11-3-1-4-12(17)13(11)14(18)10-5-8-19-15(9-10)6-2-7-15/h1,3-4,10H,2,5-9H2. The van der Waals surface area contributed by atoms with Crippen molar-refractivity contribution in [2.45, 2.75) is 37.7 Å². The second-order valence-electron chi connectivity index (χ2n) is 5.54. The van der Waals surface area contributed by atoms with Crippen molar-refractivity contribution >= 4 is 21.7 Å². The van der Waals surface area contributed by atoms with E-state index in [1.807, 2.05) is 0 Å². The first kappa shape index (κ1) is 13.3. The number of hydrogen-bond acceptors (Lipinski definition) is 2. The molecule has 19 heavy (non-hydrogen) atoms. The molecule has 1 aromatic rings. The van der Waals surface area contributed by atoms with Gasteiger partial charge in [0.2, 0.25) is 0 Å². The number of ether oxygens (including phenoxy) is 1. The van der Waals surface area contributed by atoms with Crippen LogP contribution < -0.4 is 0 Å². The Labute approximate surface area is 120 Å². The first-order chi connectivity index (χ1) is 9.11. The molecule has 2 nitrogen and oxygen atoms in total. The second kappa shape index (κ2) is 4.98. The molecule has 1 aliphatic heterocycles. The number of halogens is 2. The SMILES string of the molecule is O=C(c1c(F)cccc1Br)C1CCOC2(CCC2)C1. The molecule has 2 aliphatic rings. The summed E-state index contributed by atoms with van der Waals surface area (Å²) in [6.45, 7) is 0.614. The van der Waals surface area contributed by atoms with Gasteiger partial charge < -0.3 is 4.74 Å². The molecule has 3 rings (SSSR count). The van der Waals surface area contributed by atoms with Crippen LogP contribution >= 0.6 is 15.9 Å². The van der Waals surface area contributed by atoms with Crippen LogP contribution in [0.2, 0.25) is 0 Å². The van der Waals surface area contributed by atoms with Crippen LogP contribution in [0.25, 0.3) is 0 Å². The Morgan fingerprint density at radius 1 is 1.42 bits per heavy atom. The van der Waals surface area contributed by atoms with Crippen LogP contribution in [-0.4, -0.2) is 18.0 Å². The number of carbonyl (C=O) groups excluding carboxylic acids is 1. The first-order valence-electron chi connectivity index (χ1n) is 6.73. The van der Waals surface area contributed by atoms with E-state index in [-0.39, 0.29) is 22.9 Å². The molecule has 0 amide bonds. The summed E-state index contributed by atoms with van der Waals surface area (Å²) >= 11 is 3.28. The fourth-order valence-corrected chi connectivity index (χ4v) is 3.65. The summed E-state index contributed by atoms with van der Waals surface area (Å²) in [6.07, 6.45) is 4.68. The highest BCUT2D eigenvalue weighted by molar-refractivity contribution is 9.10. The third kappa shape index (κ3) is 2.36. The van der Waals surface area contributed by atoms with Gasteiger partial charge in [-0.15, -0.1) is 0 Å². The van der Waals surface area contributed by atoms with Crippen molar-refractivity contribution < 1.29 is 13.9 Å². The summed E-state index contributed by atoms with van der Waals surface area (Å²) in [6, 6.07) is 4.67. The monoisotopic (exact) mass is 326 g/mol. The average Bonchev–Trinajstić information content (AvgIpc) is 2.37. The normalized spacial score (nSPS) is 25.1. The van der Waals surface area contributed by atoms with Crippen molar-refractivity contribution in [3.63, 3.8) is 0 Å². The largest absolute Gasteiger partial charge is 0.375 e. The zero-order chi connectivity index (χ0) is 13.5. The van der Waals surface area contributed by atoms with Crippen molar-refractivity contribution in [1.29, 1.82) is 0 Å². The van der Waals surface area contributed by atoms with E-state index < -0.39 is 5.82 Å². The predicted molar refractivity (Wildman–Crippen MR) is 73.7 cm³/mol. The fourth-order valence-electron chi connectivity index (χ4n) is 3.11. The van der Waals surface area contributed by atoms with Crippen LogP contribution in [0.3, 0.4) is 0 Å². The van der Waals surface area contributed by atoms with Gasteiger partial charge in [0.1, 0.15) is 5.82 Å². The van der Waals surface area contributed by atoms with E-state index >= 15 is 0 Å². The Hall–Kier alpha value is -0.740. The van der Waals surface area contributed by atoms with Gasteiger partial charge in [0.25, 0.3) is 0 Å². The zero-order valence-corrected chi connectivity index (χ0v) is 12.2. The van der Waals surface area contributed by atoms with Gasteiger partial charge in [-0.05, 0) is 60.2 Å². The lowest BCUT2D eigenvalue weighted by atomic mass is 9.70. The fraction of sp³-hybridized carbons (Fsp3) is 0.533. The van der Waals surface area contributed by atoms with Gasteiger partial charge in [-0.25, -0.2) is 4.39 Å². The number of hydrogen-bond donors (Lipinski definition) is 0. The van der Waals surface area contributed by atoms with Crippen LogP contribution in [0.15, 0.2) is 22.7 Å². The maximum atomic E-state index is 13.9. The van der Waals surface area contributed by atoms with Crippen molar-refractivity contribution in [3.8, 4) is 0 Å². The number of rotatable bonds is 2. The highest BCUT2D eigenvalue weighted by atomic mass is 79.9. The van der Waals surface area contributed by atoms with Crippen LogP contribution in [0.5, 0.6) is 0 Å². The topological polar surface area (TPSA) is 26.3 Å². The lowest BCUT2D eigenvalue weighted by molar-refractivity contribution is -0.137. The number of carbonyl (C=O) groups is 1. The molecule has 0 radical (unpaired) electrons. The van der Waals surface area contributed by atoms with Gasteiger partial charge in [0.05, 0.1) is 11.2 Å². The van der Waals surface area contributed by atoms with Gasteiger partial charge >= 0.3 is 0 Å². The molecule has 1 aromatic carbocycles. The Morgan fingerprint density at radius 2 is 2.21 bits per heavy atom. The van der Waals surface area contributed by atoms with Gasteiger partial charge in [-0.1, -0.05) is 6.07 Å². The number of ketones is 1. The van der Waals surface area contributed by atoms with E-state index in [0.717, 1.165) is 19.3 Å². The molecule has 4 heteroatoms. The van der Waals surface area contributed by atoms with Crippen LogP contribution in [0.1, 0.15) is 42.5 Å². The molecule has 0 N–H and O–H groups in total. The molecule has 1 saturated heterocycles. The van der Waals surface area contributed by atoms with E-state index in [1.165, 1.54) is 12.5 Å². The van der Waals surface area contributed by atoms with E-state index in [4.69, 9.17) is 4.74 Å². The minimum Gasteiger partial charge on any atom is -0.375 e. The molecular formula is C15H16BrFO2. The van der Waals surface area contributed by atoms with E-state index in [0.29, 0.717) is 17.5 Å². The van der Waals surface area contributed by atoms with Gasteiger partial charge in [-0.2, -0.15) is 0 Å². The van der Waals surface area contributed by atoms with Crippen LogP contribution in [-0.2, 0) is 4.74 Å². The minimum atomic E-state index is -0.437. The smallest absolute Gasteiger partial charge is 0.170 e. The van der Waals surface area contributed by atoms with E-state index in [1.54, 1.807) is 12.1 Å². The Kier molecular flexibility index (Phi) is 3.48. The van der Waals surface area contributed by atoms with Crippen LogP contribution in [0, 0.1) is 11.7 Å². The van der Waals surface area contributed by atoms with Crippen LogP contribution in [0.4, 0.5) is 4.39 Å². The number of Topliss-reactive ketones (excluding diaryl/α,β-unsaturated/α-hetero) is 1. The highest BCUT2D eigenvalue weighted by Crippen LogP contribution is 2.45.